The summed E-state index contributed by atoms with van der Waals surface area (Å²) in [6.07, 6.45) is 5.43. The molecule has 3 rings (SSSR count). The third kappa shape index (κ3) is 3.91. The second-order valence-corrected chi connectivity index (χ2v) is 7.68. The van der Waals surface area contributed by atoms with Gasteiger partial charge in [0, 0.05) is 31.2 Å². The van der Waals surface area contributed by atoms with E-state index >= 15 is 0 Å². The summed E-state index contributed by atoms with van der Waals surface area (Å²) in [7, 11) is 0. The maximum atomic E-state index is 12.7. The molecule has 1 aliphatic rings. The standard InChI is InChI=1S/C17H24N6OS/c1-10(2)17-22-14(15(19)25-17)16(24)21-12-8-20-6-5-13(12)23-7-3-4-11(18)9-23/h5-6,8,10-11H,3-4,7,9,18-19H2,1-2H3,(H,21,24)/t11-/m0/s1. The summed E-state index contributed by atoms with van der Waals surface area (Å²) >= 11 is 1.36. The number of nitrogen functional groups attached to an aromatic ring is 1. The molecule has 3 heterocycles. The fraction of sp³-hybridized carbons (Fsp3) is 0.471. The molecule has 0 saturated carbocycles. The van der Waals surface area contributed by atoms with Gasteiger partial charge in [-0.15, -0.1) is 11.3 Å². The van der Waals surface area contributed by atoms with Crippen molar-refractivity contribution in [2.45, 2.75) is 38.6 Å². The first-order valence-corrected chi connectivity index (χ1v) is 9.29. The van der Waals surface area contributed by atoms with Crippen molar-refractivity contribution in [2.24, 2.45) is 5.73 Å². The molecular formula is C17H24N6OS. The number of nitrogens with one attached hydrogen (secondary N) is 1. The number of hydrogen-bond acceptors (Lipinski definition) is 7. The average Bonchev–Trinajstić information content (AvgIpc) is 2.97. The Hall–Kier alpha value is -2.19. The maximum Gasteiger partial charge on any atom is 0.277 e. The van der Waals surface area contributed by atoms with E-state index in [0.717, 1.165) is 36.6 Å². The smallest absolute Gasteiger partial charge is 0.277 e. The predicted octanol–water partition coefficient (Wildman–Crippen LogP) is 2.42. The number of nitrogens with zero attached hydrogens (tertiary/aromatic N) is 3. The van der Waals surface area contributed by atoms with Crippen LogP contribution in [0.25, 0.3) is 0 Å². The highest BCUT2D eigenvalue weighted by molar-refractivity contribution is 7.16. The highest BCUT2D eigenvalue weighted by Crippen LogP contribution is 2.30. The Balaban J connectivity index is 1.82. The fourth-order valence-electron chi connectivity index (χ4n) is 2.93. The second-order valence-electron chi connectivity index (χ2n) is 6.61. The molecule has 2 aromatic rings. The van der Waals surface area contributed by atoms with Crippen LogP contribution in [-0.4, -0.2) is 35.0 Å². The van der Waals surface area contributed by atoms with Crippen molar-refractivity contribution in [3.63, 3.8) is 0 Å². The Kier molecular flexibility index (Phi) is 5.19. The molecule has 0 aromatic carbocycles. The van der Waals surface area contributed by atoms with Crippen molar-refractivity contribution in [3.05, 3.63) is 29.2 Å². The third-order valence-corrected chi connectivity index (χ3v) is 5.41. The molecule has 1 fully saturated rings. The molecule has 0 bridgehead atoms. The number of pyridine rings is 1. The largest absolute Gasteiger partial charge is 0.389 e. The van der Waals surface area contributed by atoms with Gasteiger partial charge < -0.3 is 21.7 Å². The average molecular weight is 360 g/mol. The summed E-state index contributed by atoms with van der Waals surface area (Å²) in [5.74, 6) is -0.0751. The highest BCUT2D eigenvalue weighted by atomic mass is 32.1. The second kappa shape index (κ2) is 7.37. The van der Waals surface area contributed by atoms with Crippen molar-refractivity contribution >= 4 is 33.6 Å². The molecule has 25 heavy (non-hydrogen) atoms. The lowest BCUT2D eigenvalue weighted by Crippen LogP contribution is -2.43. The van der Waals surface area contributed by atoms with Crippen LogP contribution in [0.4, 0.5) is 16.4 Å². The van der Waals surface area contributed by atoms with E-state index in [0.29, 0.717) is 10.7 Å². The summed E-state index contributed by atoms with van der Waals surface area (Å²) in [5, 5.41) is 4.21. The minimum atomic E-state index is -0.309. The molecule has 1 aliphatic heterocycles. The van der Waals surface area contributed by atoms with Gasteiger partial charge in [0.05, 0.1) is 22.6 Å². The lowest BCUT2D eigenvalue weighted by atomic mass is 10.1. The number of anilines is 3. The first-order valence-electron chi connectivity index (χ1n) is 8.47. The summed E-state index contributed by atoms with van der Waals surface area (Å²) in [4.78, 5) is 23.4. The molecule has 1 amide bonds. The zero-order chi connectivity index (χ0) is 18.0. The van der Waals surface area contributed by atoms with E-state index in [1.54, 1.807) is 12.4 Å². The zero-order valence-electron chi connectivity index (χ0n) is 14.5. The molecule has 5 N–H and O–H groups in total. The number of hydrogen-bond donors (Lipinski definition) is 3. The Morgan fingerprint density at radius 2 is 2.28 bits per heavy atom. The van der Waals surface area contributed by atoms with Crippen LogP contribution < -0.4 is 21.7 Å². The SMILES string of the molecule is CC(C)c1nc(C(=O)Nc2cnccc2N2CCC[C@H](N)C2)c(N)s1. The molecule has 0 spiro atoms. The molecule has 134 valence electrons. The van der Waals surface area contributed by atoms with Crippen LogP contribution in [0, 0.1) is 0 Å². The molecular weight excluding hydrogens is 336 g/mol. The van der Waals surface area contributed by atoms with Crippen LogP contribution in [0.3, 0.4) is 0 Å². The van der Waals surface area contributed by atoms with Gasteiger partial charge in [0.2, 0.25) is 0 Å². The van der Waals surface area contributed by atoms with Crippen molar-refractivity contribution in [2.75, 3.05) is 29.0 Å². The number of aromatic nitrogens is 2. The van der Waals surface area contributed by atoms with Gasteiger partial charge in [-0.25, -0.2) is 4.98 Å². The molecule has 7 nitrogen and oxygen atoms in total. The summed E-state index contributed by atoms with van der Waals surface area (Å²) in [6.45, 7) is 5.73. The maximum absolute atomic E-state index is 12.7. The number of rotatable bonds is 4. The van der Waals surface area contributed by atoms with Crippen LogP contribution >= 0.6 is 11.3 Å². The van der Waals surface area contributed by atoms with E-state index < -0.39 is 0 Å². The quantitative estimate of drug-likeness (QED) is 0.772. The molecule has 0 radical (unpaired) electrons. The Bertz CT molecular complexity index is 759. The first kappa shape index (κ1) is 17.6. The van der Waals surface area contributed by atoms with Crippen LogP contribution in [0.2, 0.25) is 0 Å². The van der Waals surface area contributed by atoms with Crippen molar-refractivity contribution in [1.82, 2.24) is 9.97 Å². The summed E-state index contributed by atoms with van der Waals surface area (Å²) in [6, 6.07) is 2.05. The zero-order valence-corrected chi connectivity index (χ0v) is 15.3. The number of nitrogens with two attached hydrogens (primary N) is 2. The highest BCUT2D eigenvalue weighted by Gasteiger charge is 2.22. The molecule has 1 saturated heterocycles. The summed E-state index contributed by atoms with van der Waals surface area (Å²) in [5.41, 5.74) is 13.9. The normalized spacial score (nSPS) is 17.8. The molecule has 0 aliphatic carbocycles. The van der Waals surface area contributed by atoms with E-state index in [2.05, 4.69) is 20.2 Å². The van der Waals surface area contributed by atoms with E-state index in [9.17, 15) is 4.79 Å². The van der Waals surface area contributed by atoms with Gasteiger partial charge in [-0.1, -0.05) is 13.8 Å². The van der Waals surface area contributed by atoms with Gasteiger partial charge in [-0.2, -0.15) is 0 Å². The van der Waals surface area contributed by atoms with Crippen molar-refractivity contribution in [3.8, 4) is 0 Å². The number of carbonyl (C=O) groups excluding carboxylic acids is 1. The molecule has 1 atom stereocenters. The lowest BCUT2D eigenvalue weighted by molar-refractivity contribution is 0.102. The van der Waals surface area contributed by atoms with Gasteiger partial charge in [-0.3, -0.25) is 9.78 Å². The third-order valence-electron chi connectivity index (χ3n) is 4.22. The van der Waals surface area contributed by atoms with Gasteiger partial charge in [0.25, 0.3) is 5.91 Å². The van der Waals surface area contributed by atoms with Gasteiger partial charge in [0.15, 0.2) is 5.69 Å². The minimum absolute atomic E-state index is 0.147. The van der Waals surface area contributed by atoms with E-state index in [4.69, 9.17) is 11.5 Å². The number of piperidine rings is 1. The lowest BCUT2D eigenvalue weighted by Gasteiger charge is -2.33. The predicted molar refractivity (Wildman–Crippen MR) is 102 cm³/mol. The Labute approximate surface area is 151 Å². The van der Waals surface area contributed by atoms with Crippen LogP contribution in [-0.2, 0) is 0 Å². The van der Waals surface area contributed by atoms with E-state index in [-0.39, 0.29) is 23.6 Å². The van der Waals surface area contributed by atoms with E-state index in [1.165, 1.54) is 11.3 Å². The van der Waals surface area contributed by atoms with Crippen LogP contribution in [0.1, 0.15) is 48.1 Å². The number of carbonyl (C=O) groups is 1. The Morgan fingerprint density at radius 1 is 1.48 bits per heavy atom. The monoisotopic (exact) mass is 360 g/mol. The topological polar surface area (TPSA) is 110 Å². The number of thiazole rings is 1. The van der Waals surface area contributed by atoms with Crippen LogP contribution in [0.5, 0.6) is 0 Å². The van der Waals surface area contributed by atoms with Crippen molar-refractivity contribution < 1.29 is 4.79 Å². The Morgan fingerprint density at radius 3 is 2.96 bits per heavy atom. The van der Waals surface area contributed by atoms with Gasteiger partial charge >= 0.3 is 0 Å². The van der Waals surface area contributed by atoms with Crippen LogP contribution in [0.15, 0.2) is 18.5 Å². The molecule has 8 heteroatoms. The van der Waals surface area contributed by atoms with Crippen molar-refractivity contribution in [1.29, 1.82) is 0 Å². The fourth-order valence-corrected chi connectivity index (χ4v) is 3.76. The minimum Gasteiger partial charge on any atom is -0.389 e. The van der Waals surface area contributed by atoms with Gasteiger partial charge in [-0.05, 0) is 18.9 Å². The molecule has 2 aromatic heterocycles. The molecule has 0 unspecified atom stereocenters. The first-order chi connectivity index (χ1) is 12.0. The summed E-state index contributed by atoms with van der Waals surface area (Å²) < 4.78 is 0. The van der Waals surface area contributed by atoms with E-state index in [1.807, 2.05) is 19.9 Å². The van der Waals surface area contributed by atoms with Gasteiger partial charge in [0.1, 0.15) is 5.00 Å². The number of amides is 1.